The second kappa shape index (κ2) is 6.52. The van der Waals surface area contributed by atoms with Crippen LogP contribution in [0.1, 0.15) is 6.42 Å². The van der Waals surface area contributed by atoms with Gasteiger partial charge in [0, 0.05) is 49.4 Å². The number of nitrogens with zero attached hydrogens (tertiary/aromatic N) is 3. The minimum atomic E-state index is 0.305. The maximum Gasteiger partial charge on any atom is 0.115 e. The molecule has 1 fully saturated rings. The Kier molecular flexibility index (Phi) is 4.28. The summed E-state index contributed by atoms with van der Waals surface area (Å²) in [6, 6.07) is 11.9. The van der Waals surface area contributed by atoms with Crippen molar-refractivity contribution >= 4 is 11.4 Å². The summed E-state index contributed by atoms with van der Waals surface area (Å²) in [6.07, 6.45) is 6.59. The number of piperazine rings is 1. The molecule has 2 heterocycles. The van der Waals surface area contributed by atoms with Crippen LogP contribution >= 0.6 is 0 Å². The third-order valence-corrected chi connectivity index (χ3v) is 4.13. The number of rotatable bonds is 4. The molecule has 1 unspecified atom stereocenters. The molecule has 0 bridgehead atoms. The first-order valence-corrected chi connectivity index (χ1v) is 7.59. The summed E-state index contributed by atoms with van der Waals surface area (Å²) in [5.41, 5.74) is 2.37. The molecule has 1 aliphatic rings. The van der Waals surface area contributed by atoms with Crippen LogP contribution in [0.25, 0.3) is 0 Å². The van der Waals surface area contributed by atoms with Crippen molar-refractivity contribution in [1.29, 1.82) is 0 Å². The van der Waals surface area contributed by atoms with Gasteiger partial charge in [-0.05, 0) is 42.8 Å². The van der Waals surface area contributed by atoms with Crippen LogP contribution in [0.2, 0.25) is 0 Å². The largest absolute Gasteiger partial charge is 0.508 e. The number of pyridine rings is 1. The molecule has 22 heavy (non-hydrogen) atoms. The van der Waals surface area contributed by atoms with Crippen LogP contribution in [0.15, 0.2) is 61.4 Å². The van der Waals surface area contributed by atoms with Crippen LogP contribution in [0.5, 0.6) is 5.75 Å². The van der Waals surface area contributed by atoms with E-state index in [1.165, 1.54) is 5.69 Å². The van der Waals surface area contributed by atoms with E-state index in [0.717, 1.165) is 31.7 Å². The highest BCUT2D eigenvalue weighted by atomic mass is 16.3. The topological polar surface area (TPSA) is 39.6 Å². The number of phenols is 1. The molecule has 1 aromatic heterocycles. The van der Waals surface area contributed by atoms with Crippen LogP contribution in [-0.2, 0) is 0 Å². The van der Waals surface area contributed by atoms with E-state index in [1.807, 2.05) is 30.6 Å². The van der Waals surface area contributed by atoms with E-state index in [9.17, 15) is 5.11 Å². The van der Waals surface area contributed by atoms with Gasteiger partial charge in [-0.1, -0.05) is 6.08 Å². The monoisotopic (exact) mass is 295 g/mol. The Morgan fingerprint density at radius 1 is 1.09 bits per heavy atom. The van der Waals surface area contributed by atoms with Crippen LogP contribution in [0.3, 0.4) is 0 Å². The van der Waals surface area contributed by atoms with Crippen molar-refractivity contribution in [2.75, 3.05) is 29.4 Å². The van der Waals surface area contributed by atoms with Gasteiger partial charge in [-0.25, -0.2) is 0 Å². The van der Waals surface area contributed by atoms with Crippen LogP contribution in [0, 0.1) is 0 Å². The van der Waals surface area contributed by atoms with Gasteiger partial charge in [-0.3, -0.25) is 4.98 Å². The molecule has 114 valence electrons. The zero-order chi connectivity index (χ0) is 15.4. The molecule has 1 atom stereocenters. The van der Waals surface area contributed by atoms with Crippen LogP contribution < -0.4 is 9.80 Å². The summed E-state index contributed by atoms with van der Waals surface area (Å²) in [4.78, 5) is 8.89. The zero-order valence-corrected chi connectivity index (χ0v) is 12.6. The maximum absolute atomic E-state index is 9.47. The third-order valence-electron chi connectivity index (χ3n) is 4.13. The molecule has 0 amide bonds. The molecule has 4 nitrogen and oxygen atoms in total. The average molecular weight is 295 g/mol. The van der Waals surface area contributed by atoms with Crippen molar-refractivity contribution in [1.82, 2.24) is 4.98 Å². The number of hydrogen-bond donors (Lipinski definition) is 1. The fraction of sp³-hybridized carbons (Fsp3) is 0.278. The van der Waals surface area contributed by atoms with Crippen molar-refractivity contribution in [2.24, 2.45) is 0 Å². The Balaban J connectivity index is 1.79. The van der Waals surface area contributed by atoms with E-state index in [1.54, 1.807) is 12.1 Å². The lowest BCUT2D eigenvalue weighted by molar-refractivity contribution is 0.474. The van der Waals surface area contributed by atoms with Crippen molar-refractivity contribution in [3.8, 4) is 5.75 Å². The van der Waals surface area contributed by atoms with Crippen molar-refractivity contribution < 1.29 is 5.11 Å². The number of hydrogen-bond acceptors (Lipinski definition) is 4. The molecule has 0 aliphatic carbocycles. The quantitative estimate of drug-likeness (QED) is 0.880. The van der Waals surface area contributed by atoms with E-state index in [-0.39, 0.29) is 0 Å². The normalized spacial score (nSPS) is 18.3. The molecule has 3 rings (SSSR count). The van der Waals surface area contributed by atoms with Gasteiger partial charge < -0.3 is 14.9 Å². The van der Waals surface area contributed by atoms with Gasteiger partial charge in [-0.15, -0.1) is 6.58 Å². The van der Waals surface area contributed by atoms with E-state index < -0.39 is 0 Å². The summed E-state index contributed by atoms with van der Waals surface area (Å²) >= 11 is 0. The first-order valence-electron chi connectivity index (χ1n) is 7.59. The van der Waals surface area contributed by atoms with Gasteiger partial charge in [0.2, 0.25) is 0 Å². The Bertz CT molecular complexity index is 612. The van der Waals surface area contributed by atoms with E-state index >= 15 is 0 Å². The summed E-state index contributed by atoms with van der Waals surface area (Å²) in [5, 5.41) is 9.47. The molecule has 2 aromatic rings. The Morgan fingerprint density at radius 3 is 2.50 bits per heavy atom. The SMILES string of the molecule is C=CCC1CN(c2ccncc2)CCN1c1ccc(O)cc1. The molecule has 1 saturated heterocycles. The molecular weight excluding hydrogens is 274 g/mol. The molecule has 4 heteroatoms. The van der Waals surface area contributed by atoms with E-state index in [0.29, 0.717) is 11.8 Å². The van der Waals surface area contributed by atoms with E-state index in [4.69, 9.17) is 0 Å². The first-order chi connectivity index (χ1) is 10.8. The van der Waals surface area contributed by atoms with Crippen molar-refractivity contribution in [3.05, 3.63) is 61.4 Å². The smallest absolute Gasteiger partial charge is 0.115 e. The van der Waals surface area contributed by atoms with Gasteiger partial charge in [0.1, 0.15) is 5.75 Å². The van der Waals surface area contributed by atoms with E-state index in [2.05, 4.69) is 33.5 Å². The fourth-order valence-corrected chi connectivity index (χ4v) is 3.02. The Hall–Kier alpha value is -2.49. The van der Waals surface area contributed by atoms with Gasteiger partial charge in [0.05, 0.1) is 0 Å². The number of anilines is 2. The fourth-order valence-electron chi connectivity index (χ4n) is 3.02. The Labute approximate surface area is 131 Å². The molecule has 0 radical (unpaired) electrons. The average Bonchev–Trinajstić information content (AvgIpc) is 2.57. The second-order valence-electron chi connectivity index (χ2n) is 5.54. The van der Waals surface area contributed by atoms with Crippen LogP contribution in [-0.4, -0.2) is 35.8 Å². The molecule has 0 spiro atoms. The van der Waals surface area contributed by atoms with Crippen molar-refractivity contribution in [2.45, 2.75) is 12.5 Å². The summed E-state index contributed by atoms with van der Waals surface area (Å²) in [7, 11) is 0. The van der Waals surface area contributed by atoms with Gasteiger partial charge in [0.25, 0.3) is 0 Å². The minimum Gasteiger partial charge on any atom is -0.508 e. The zero-order valence-electron chi connectivity index (χ0n) is 12.6. The molecule has 1 N–H and O–H groups in total. The standard InChI is InChI=1S/C18H21N3O/c1-2-3-17-14-20(15-8-10-19-11-9-15)12-13-21(17)16-4-6-18(22)7-5-16/h2,4-11,17,22H,1,3,12-14H2. The lowest BCUT2D eigenvalue weighted by Crippen LogP contribution is -2.53. The number of aromatic nitrogens is 1. The van der Waals surface area contributed by atoms with Gasteiger partial charge in [-0.2, -0.15) is 0 Å². The lowest BCUT2D eigenvalue weighted by Gasteiger charge is -2.43. The van der Waals surface area contributed by atoms with Gasteiger partial charge >= 0.3 is 0 Å². The molecule has 0 saturated carbocycles. The highest BCUT2D eigenvalue weighted by Gasteiger charge is 2.26. The highest BCUT2D eigenvalue weighted by Crippen LogP contribution is 2.26. The van der Waals surface area contributed by atoms with Crippen LogP contribution in [0.4, 0.5) is 11.4 Å². The first kappa shape index (κ1) is 14.4. The molecule has 1 aromatic carbocycles. The Morgan fingerprint density at radius 2 is 1.82 bits per heavy atom. The number of phenolic OH excluding ortho intramolecular Hbond substituents is 1. The predicted octanol–water partition coefficient (Wildman–Crippen LogP) is 3.06. The van der Waals surface area contributed by atoms with Crippen molar-refractivity contribution in [3.63, 3.8) is 0 Å². The maximum atomic E-state index is 9.47. The predicted molar refractivity (Wildman–Crippen MR) is 90.5 cm³/mol. The second-order valence-corrected chi connectivity index (χ2v) is 5.54. The summed E-state index contributed by atoms with van der Waals surface area (Å²) in [5.74, 6) is 0.305. The lowest BCUT2D eigenvalue weighted by atomic mass is 10.1. The molecular formula is C18H21N3O. The minimum absolute atomic E-state index is 0.305. The number of aromatic hydroxyl groups is 1. The molecule has 1 aliphatic heterocycles. The summed E-state index contributed by atoms with van der Waals surface area (Å²) in [6.45, 7) is 6.78. The number of benzene rings is 1. The third kappa shape index (κ3) is 3.06. The summed E-state index contributed by atoms with van der Waals surface area (Å²) < 4.78 is 0. The van der Waals surface area contributed by atoms with Gasteiger partial charge in [0.15, 0.2) is 0 Å². The highest BCUT2D eigenvalue weighted by molar-refractivity contribution is 5.53.